The molecular formula is C32H28NOP. The Kier molecular flexibility index (Phi) is 7.04. The summed E-state index contributed by atoms with van der Waals surface area (Å²) in [5.41, 5.74) is 3.26. The van der Waals surface area contributed by atoms with Crippen molar-refractivity contribution in [2.75, 3.05) is 0 Å². The first-order valence-corrected chi connectivity index (χ1v) is 13.7. The van der Waals surface area contributed by atoms with Crippen LogP contribution in [0.25, 0.3) is 0 Å². The second kappa shape index (κ2) is 10.7. The van der Waals surface area contributed by atoms with E-state index in [9.17, 15) is 0 Å². The van der Waals surface area contributed by atoms with Crippen molar-refractivity contribution in [2.24, 2.45) is 0 Å². The Morgan fingerprint density at radius 3 is 1.11 bits per heavy atom. The normalized spacial score (nSPS) is 12.4. The highest BCUT2D eigenvalue weighted by atomic mass is 31.2. The zero-order valence-electron chi connectivity index (χ0n) is 19.4. The van der Waals surface area contributed by atoms with Gasteiger partial charge in [-0.3, -0.25) is 5.32 Å². The van der Waals surface area contributed by atoms with Gasteiger partial charge < -0.3 is 4.57 Å². The SMILES string of the molecule is O=P(c1ccccc1)(c1ccccc1)[C@H](NC(c1ccccc1)c1ccccc1)c1ccccc1. The van der Waals surface area contributed by atoms with E-state index < -0.39 is 12.9 Å². The standard InChI is InChI=1S/C32H28NOP/c34-35(29-22-12-4-13-23-29,30-24-14-5-15-25-30)32(28-20-10-3-11-21-28)33-31(26-16-6-1-7-17-26)27-18-8-2-9-19-27/h1-25,31-33H/t32-/m0/s1. The first kappa shape index (κ1) is 23.1. The quantitative estimate of drug-likeness (QED) is 0.244. The number of hydrogen-bond acceptors (Lipinski definition) is 2. The highest BCUT2D eigenvalue weighted by Crippen LogP contribution is 2.56. The Morgan fingerprint density at radius 2 is 0.743 bits per heavy atom. The zero-order chi connectivity index (χ0) is 23.9. The molecule has 0 amide bonds. The lowest BCUT2D eigenvalue weighted by Crippen LogP contribution is -2.33. The minimum atomic E-state index is -3.16. The van der Waals surface area contributed by atoms with Crippen LogP contribution >= 0.6 is 7.14 Å². The Bertz CT molecular complexity index is 1290. The topological polar surface area (TPSA) is 29.1 Å². The summed E-state index contributed by atoms with van der Waals surface area (Å²) < 4.78 is 15.5. The minimum absolute atomic E-state index is 0.136. The summed E-state index contributed by atoms with van der Waals surface area (Å²) >= 11 is 0. The molecule has 0 bridgehead atoms. The minimum Gasteiger partial charge on any atom is -0.312 e. The van der Waals surface area contributed by atoms with Crippen LogP contribution in [0.4, 0.5) is 0 Å². The predicted molar refractivity (Wildman–Crippen MR) is 147 cm³/mol. The van der Waals surface area contributed by atoms with Crippen LogP contribution in [0, 0.1) is 0 Å². The molecule has 172 valence electrons. The van der Waals surface area contributed by atoms with Gasteiger partial charge in [-0.1, -0.05) is 152 Å². The second-order valence-electron chi connectivity index (χ2n) is 8.56. The summed E-state index contributed by atoms with van der Waals surface area (Å²) in [6.07, 6.45) is 0. The van der Waals surface area contributed by atoms with Crippen molar-refractivity contribution in [3.63, 3.8) is 0 Å². The van der Waals surface area contributed by atoms with Crippen molar-refractivity contribution >= 4 is 17.8 Å². The van der Waals surface area contributed by atoms with Gasteiger partial charge in [-0.2, -0.15) is 0 Å². The van der Waals surface area contributed by atoms with Crippen molar-refractivity contribution < 1.29 is 4.57 Å². The molecule has 5 aromatic rings. The molecule has 1 atom stereocenters. The van der Waals surface area contributed by atoms with Crippen molar-refractivity contribution in [3.8, 4) is 0 Å². The maximum Gasteiger partial charge on any atom is 0.163 e. The van der Waals surface area contributed by atoms with Gasteiger partial charge in [0.1, 0.15) is 0 Å². The molecule has 0 aliphatic heterocycles. The van der Waals surface area contributed by atoms with Crippen molar-refractivity contribution in [1.82, 2.24) is 5.32 Å². The Hall–Kier alpha value is -3.71. The third kappa shape index (κ3) is 4.91. The molecular weight excluding hydrogens is 445 g/mol. The fraction of sp³-hybridized carbons (Fsp3) is 0.0625. The second-order valence-corrected chi connectivity index (χ2v) is 11.4. The summed E-state index contributed by atoms with van der Waals surface area (Å²) in [7, 11) is -3.16. The molecule has 0 spiro atoms. The summed E-state index contributed by atoms with van der Waals surface area (Å²) in [6.45, 7) is 0. The molecule has 0 unspecified atom stereocenters. The van der Waals surface area contributed by atoms with E-state index in [4.69, 9.17) is 0 Å². The highest BCUT2D eigenvalue weighted by molar-refractivity contribution is 7.79. The van der Waals surface area contributed by atoms with Crippen molar-refractivity contribution in [3.05, 3.63) is 168 Å². The van der Waals surface area contributed by atoms with Crippen LogP contribution in [0.5, 0.6) is 0 Å². The molecule has 0 aliphatic carbocycles. The maximum absolute atomic E-state index is 15.5. The number of hydrogen-bond donors (Lipinski definition) is 1. The fourth-order valence-electron chi connectivity index (χ4n) is 4.63. The molecule has 0 aliphatic rings. The first-order chi connectivity index (χ1) is 17.3. The molecule has 0 saturated heterocycles. The van der Waals surface area contributed by atoms with Crippen LogP contribution in [-0.4, -0.2) is 0 Å². The Morgan fingerprint density at radius 1 is 0.429 bits per heavy atom. The summed E-state index contributed by atoms with van der Waals surface area (Å²) in [6, 6.07) is 50.6. The molecule has 3 heteroatoms. The zero-order valence-corrected chi connectivity index (χ0v) is 20.3. The molecule has 1 N–H and O–H groups in total. The van der Waals surface area contributed by atoms with E-state index in [-0.39, 0.29) is 6.04 Å². The maximum atomic E-state index is 15.5. The predicted octanol–water partition coefficient (Wildman–Crippen LogP) is 7.08. The molecule has 0 radical (unpaired) electrons. The monoisotopic (exact) mass is 473 g/mol. The van der Waals surface area contributed by atoms with Crippen molar-refractivity contribution in [2.45, 2.75) is 11.8 Å². The van der Waals surface area contributed by atoms with E-state index in [2.05, 4.69) is 66.0 Å². The van der Waals surface area contributed by atoms with Gasteiger partial charge in [-0.15, -0.1) is 0 Å². The number of nitrogens with one attached hydrogen (secondary N) is 1. The summed E-state index contributed by atoms with van der Waals surface area (Å²) in [4.78, 5) is 0. The molecule has 0 aromatic heterocycles. The van der Waals surface area contributed by atoms with E-state index >= 15 is 4.57 Å². The van der Waals surface area contributed by atoms with Gasteiger partial charge in [0.25, 0.3) is 0 Å². The lowest BCUT2D eigenvalue weighted by Gasteiger charge is -2.34. The van der Waals surface area contributed by atoms with Crippen molar-refractivity contribution in [1.29, 1.82) is 0 Å². The molecule has 35 heavy (non-hydrogen) atoms. The van der Waals surface area contributed by atoms with Gasteiger partial charge in [0.15, 0.2) is 7.14 Å². The van der Waals surface area contributed by atoms with E-state index in [0.29, 0.717) is 0 Å². The van der Waals surface area contributed by atoms with Crippen LogP contribution < -0.4 is 15.9 Å². The third-order valence-electron chi connectivity index (χ3n) is 6.35. The van der Waals surface area contributed by atoms with Gasteiger partial charge in [0.05, 0.1) is 11.8 Å². The van der Waals surface area contributed by atoms with Gasteiger partial charge in [0, 0.05) is 10.6 Å². The molecule has 0 saturated carbocycles. The molecule has 0 heterocycles. The van der Waals surface area contributed by atoms with E-state index in [1.165, 1.54) is 0 Å². The number of benzene rings is 5. The Balaban J connectivity index is 1.72. The van der Waals surface area contributed by atoms with Gasteiger partial charge in [-0.05, 0) is 16.7 Å². The highest BCUT2D eigenvalue weighted by Gasteiger charge is 2.39. The molecule has 0 fully saturated rings. The Labute approximate surface area is 207 Å². The lowest BCUT2D eigenvalue weighted by molar-refractivity contribution is 0.537. The van der Waals surface area contributed by atoms with Gasteiger partial charge in [-0.25, -0.2) is 0 Å². The summed E-state index contributed by atoms with van der Waals surface area (Å²) in [5.74, 6) is -0.432. The van der Waals surface area contributed by atoms with E-state index in [1.54, 1.807) is 0 Å². The lowest BCUT2D eigenvalue weighted by atomic mass is 9.98. The average molecular weight is 474 g/mol. The van der Waals surface area contributed by atoms with Crippen LogP contribution in [0.3, 0.4) is 0 Å². The van der Waals surface area contributed by atoms with Gasteiger partial charge >= 0.3 is 0 Å². The molecule has 5 aromatic carbocycles. The first-order valence-electron chi connectivity index (χ1n) is 11.9. The largest absolute Gasteiger partial charge is 0.312 e. The van der Waals surface area contributed by atoms with Gasteiger partial charge in [0.2, 0.25) is 0 Å². The molecule has 2 nitrogen and oxygen atoms in total. The van der Waals surface area contributed by atoms with E-state index in [1.807, 2.05) is 91.0 Å². The summed E-state index contributed by atoms with van der Waals surface area (Å²) in [5, 5.41) is 5.56. The molecule has 5 rings (SSSR count). The van der Waals surface area contributed by atoms with Crippen LogP contribution in [0.1, 0.15) is 28.5 Å². The van der Waals surface area contributed by atoms with E-state index in [0.717, 1.165) is 27.3 Å². The smallest absolute Gasteiger partial charge is 0.163 e. The van der Waals surface area contributed by atoms with Crippen LogP contribution in [0.2, 0.25) is 0 Å². The van der Waals surface area contributed by atoms with Crippen LogP contribution in [0.15, 0.2) is 152 Å². The fourth-order valence-corrected chi connectivity index (χ4v) is 7.70. The average Bonchev–Trinajstić information content (AvgIpc) is 2.95. The van der Waals surface area contributed by atoms with Crippen LogP contribution in [-0.2, 0) is 4.57 Å². The number of rotatable bonds is 8. The third-order valence-corrected chi connectivity index (χ3v) is 9.65.